The van der Waals surface area contributed by atoms with Gasteiger partial charge in [0.25, 0.3) is 0 Å². The highest BCUT2D eigenvalue weighted by Crippen LogP contribution is 2.45. The molecule has 2 saturated carbocycles. The molecule has 5 unspecified atom stereocenters. The summed E-state index contributed by atoms with van der Waals surface area (Å²) in [5.74, 6) is 2.20. The van der Waals surface area contributed by atoms with Crippen LogP contribution in [0.3, 0.4) is 0 Å². The number of carboxylic acids is 1. The largest absolute Gasteiger partial charge is 0.479 e. The van der Waals surface area contributed by atoms with Crippen molar-refractivity contribution in [2.45, 2.75) is 85.2 Å². The summed E-state index contributed by atoms with van der Waals surface area (Å²) in [7, 11) is 0. The minimum atomic E-state index is -1.02. The monoisotopic (exact) mass is 497 g/mol. The molecule has 0 bridgehead atoms. The summed E-state index contributed by atoms with van der Waals surface area (Å²) in [6.07, 6.45) is 7.93. The van der Waals surface area contributed by atoms with Crippen LogP contribution in [0.5, 0.6) is 5.88 Å². The second-order valence-corrected chi connectivity index (χ2v) is 11.5. The quantitative estimate of drug-likeness (QED) is 0.498. The normalized spacial score (nSPS) is 28.2. The van der Waals surface area contributed by atoms with E-state index in [1.807, 2.05) is 12.1 Å². The molecule has 5 atom stereocenters. The first-order valence-electron chi connectivity index (χ1n) is 13.7. The Morgan fingerprint density at radius 1 is 1.17 bits per heavy atom. The number of carbonyl (C=O) groups excluding carboxylic acids is 1. The van der Waals surface area contributed by atoms with Gasteiger partial charge >= 0.3 is 5.97 Å². The van der Waals surface area contributed by atoms with Gasteiger partial charge in [0.15, 0.2) is 6.61 Å². The highest BCUT2D eigenvalue weighted by molar-refractivity contribution is 5.78. The van der Waals surface area contributed by atoms with Gasteiger partial charge in [0.1, 0.15) is 0 Å². The van der Waals surface area contributed by atoms with E-state index in [-0.39, 0.29) is 11.8 Å². The van der Waals surface area contributed by atoms with Crippen LogP contribution in [0.4, 0.5) is 0 Å². The van der Waals surface area contributed by atoms with Crippen molar-refractivity contribution < 1.29 is 19.4 Å². The summed E-state index contributed by atoms with van der Waals surface area (Å²) in [4.78, 5) is 30.9. The van der Waals surface area contributed by atoms with Crippen LogP contribution in [0.2, 0.25) is 0 Å². The molecule has 7 heteroatoms. The van der Waals surface area contributed by atoms with Crippen LogP contribution in [0.25, 0.3) is 0 Å². The predicted octanol–water partition coefficient (Wildman–Crippen LogP) is 5.02. The number of ether oxygens (including phenoxy) is 1. The fraction of sp³-hybridized carbons (Fsp3) is 0.690. The van der Waals surface area contributed by atoms with Crippen LogP contribution < -0.4 is 10.1 Å². The first kappa shape index (κ1) is 26.5. The third kappa shape index (κ3) is 6.22. The molecule has 2 fully saturated rings. The average molecular weight is 498 g/mol. The first-order valence-corrected chi connectivity index (χ1v) is 13.7. The lowest BCUT2D eigenvalue weighted by Gasteiger charge is -2.38. The lowest BCUT2D eigenvalue weighted by Crippen LogP contribution is -2.43. The van der Waals surface area contributed by atoms with Gasteiger partial charge in [-0.2, -0.15) is 0 Å². The van der Waals surface area contributed by atoms with Gasteiger partial charge in [0.2, 0.25) is 11.8 Å². The van der Waals surface area contributed by atoms with E-state index in [1.54, 1.807) is 6.07 Å². The second kappa shape index (κ2) is 11.7. The first-order chi connectivity index (χ1) is 17.2. The lowest BCUT2D eigenvalue weighted by molar-refractivity contribution is -0.139. The van der Waals surface area contributed by atoms with Crippen molar-refractivity contribution in [3.05, 3.63) is 35.2 Å². The number of carbonyl (C=O) groups is 2. The number of hydrogen-bond acceptors (Lipinski definition) is 5. The van der Waals surface area contributed by atoms with E-state index >= 15 is 0 Å². The van der Waals surface area contributed by atoms with Crippen molar-refractivity contribution in [2.75, 3.05) is 13.2 Å². The van der Waals surface area contributed by atoms with Crippen molar-refractivity contribution >= 4 is 11.9 Å². The van der Waals surface area contributed by atoms with E-state index in [2.05, 4.69) is 42.9 Å². The summed E-state index contributed by atoms with van der Waals surface area (Å²) in [6.45, 7) is 10.1. The molecule has 0 aromatic carbocycles. The molecule has 3 aliphatic rings. The van der Waals surface area contributed by atoms with Crippen molar-refractivity contribution in [3.8, 4) is 5.88 Å². The highest BCUT2D eigenvalue weighted by atomic mass is 16.5. The second-order valence-electron chi connectivity index (χ2n) is 11.5. The maximum Gasteiger partial charge on any atom is 0.341 e. The molecule has 2 aliphatic carbocycles. The Bertz CT molecular complexity index is 975. The van der Waals surface area contributed by atoms with Crippen LogP contribution >= 0.6 is 0 Å². The summed E-state index contributed by atoms with van der Waals surface area (Å²) in [6, 6.07) is 5.88. The Hall–Kier alpha value is -2.57. The van der Waals surface area contributed by atoms with E-state index in [0.29, 0.717) is 30.3 Å². The molecule has 7 nitrogen and oxygen atoms in total. The third-order valence-corrected chi connectivity index (χ3v) is 8.93. The van der Waals surface area contributed by atoms with Crippen molar-refractivity contribution in [1.29, 1.82) is 0 Å². The van der Waals surface area contributed by atoms with Gasteiger partial charge in [-0.05, 0) is 75.3 Å². The minimum absolute atomic E-state index is 0.0873. The molecule has 2 N–H and O–H groups in total. The number of carboxylic acid groups (broad SMARTS) is 1. The van der Waals surface area contributed by atoms with Gasteiger partial charge < -0.3 is 20.1 Å². The number of amides is 1. The van der Waals surface area contributed by atoms with Gasteiger partial charge in [-0.1, -0.05) is 32.8 Å². The zero-order valence-electron chi connectivity index (χ0n) is 22.3. The van der Waals surface area contributed by atoms with E-state index in [9.17, 15) is 9.59 Å². The van der Waals surface area contributed by atoms with Crippen molar-refractivity contribution in [2.24, 2.45) is 29.6 Å². The molecule has 0 saturated heterocycles. The number of pyridine rings is 1. The van der Waals surface area contributed by atoms with Gasteiger partial charge in [-0.15, -0.1) is 0 Å². The van der Waals surface area contributed by atoms with Crippen LogP contribution in [0.1, 0.15) is 78.3 Å². The number of allylic oxidation sites excluding steroid dienone is 1. The molecule has 1 amide bonds. The number of nitrogens with one attached hydrogen (secondary N) is 1. The van der Waals surface area contributed by atoms with Crippen LogP contribution in [0.15, 0.2) is 29.5 Å². The molecule has 0 radical (unpaired) electrons. The summed E-state index contributed by atoms with van der Waals surface area (Å²) >= 11 is 0. The lowest BCUT2D eigenvalue weighted by atomic mass is 9.75. The molecule has 0 spiro atoms. The van der Waals surface area contributed by atoms with E-state index < -0.39 is 12.6 Å². The molecule has 2 heterocycles. The molecule has 36 heavy (non-hydrogen) atoms. The number of rotatable bonds is 9. The fourth-order valence-electron chi connectivity index (χ4n) is 6.66. The van der Waals surface area contributed by atoms with Crippen molar-refractivity contribution in [3.63, 3.8) is 0 Å². The van der Waals surface area contributed by atoms with Gasteiger partial charge in [-0.3, -0.25) is 4.79 Å². The fourth-order valence-corrected chi connectivity index (χ4v) is 6.66. The molecule has 1 aromatic rings. The molecule has 4 rings (SSSR count). The summed E-state index contributed by atoms with van der Waals surface area (Å²) in [5.41, 5.74) is 3.51. The molecule has 198 valence electrons. The average Bonchev–Trinajstić information content (AvgIpc) is 3.10. The van der Waals surface area contributed by atoms with Gasteiger partial charge in [0.05, 0.1) is 12.2 Å². The number of aliphatic carboxylic acids is 1. The van der Waals surface area contributed by atoms with Crippen molar-refractivity contribution in [1.82, 2.24) is 15.2 Å². The highest BCUT2D eigenvalue weighted by Gasteiger charge is 2.42. The zero-order chi connectivity index (χ0) is 25.8. The summed E-state index contributed by atoms with van der Waals surface area (Å²) in [5, 5.41) is 12.2. The molecular weight excluding hydrogens is 454 g/mol. The van der Waals surface area contributed by atoms with E-state index in [0.717, 1.165) is 43.3 Å². The standard InChI is InChI=1S/C29H43N3O4/c1-18(2)22-8-5-7-21(13-22)15-30-29(35)23-11-12-26-25(14-23)19(3)20(4)32(26)16-24-9-6-10-27(31-24)36-17-28(33)34/h6,9-10,18,21-23,25-26H,5,7-8,11-17H2,1-4H3,(H,30,35)(H,33,34). The topological polar surface area (TPSA) is 91.8 Å². The summed E-state index contributed by atoms with van der Waals surface area (Å²) < 4.78 is 5.27. The zero-order valence-corrected chi connectivity index (χ0v) is 22.3. The third-order valence-electron chi connectivity index (χ3n) is 8.93. The number of nitrogens with zero attached hydrogens (tertiary/aromatic N) is 2. The van der Waals surface area contributed by atoms with Gasteiger partial charge in [0, 0.05) is 36.2 Å². The Morgan fingerprint density at radius 3 is 2.72 bits per heavy atom. The van der Waals surface area contributed by atoms with E-state index in [4.69, 9.17) is 9.84 Å². The minimum Gasteiger partial charge on any atom is -0.479 e. The maximum absolute atomic E-state index is 13.1. The smallest absolute Gasteiger partial charge is 0.341 e. The Morgan fingerprint density at radius 2 is 1.97 bits per heavy atom. The number of aromatic nitrogens is 1. The van der Waals surface area contributed by atoms with Crippen LogP contribution in [-0.4, -0.2) is 46.1 Å². The van der Waals surface area contributed by atoms with Gasteiger partial charge in [-0.25, -0.2) is 9.78 Å². The predicted molar refractivity (Wildman–Crippen MR) is 139 cm³/mol. The molecule has 1 aromatic heterocycles. The Labute approximate surface area is 215 Å². The molecular formula is C29H43N3O4. The van der Waals surface area contributed by atoms with Crippen LogP contribution in [0, 0.1) is 29.6 Å². The maximum atomic E-state index is 13.1. The molecule has 1 aliphatic heterocycles. The SMILES string of the molecule is CC1=C(C)N(Cc2cccc(OCC(=O)O)n2)C2CCC(C(=O)NCC3CCCC(C(C)C)C3)CC12. The Kier molecular flexibility index (Phi) is 8.58. The number of fused-ring (bicyclic) bond motifs is 1. The van der Waals surface area contributed by atoms with Crippen LogP contribution in [-0.2, 0) is 16.1 Å². The van der Waals surface area contributed by atoms with E-state index in [1.165, 1.54) is 37.0 Å². The Balaban J connectivity index is 1.32. The number of hydrogen-bond donors (Lipinski definition) is 2.